The van der Waals surface area contributed by atoms with Gasteiger partial charge in [-0.05, 0) is 34.1 Å². The van der Waals surface area contributed by atoms with Crippen LogP contribution in [0.1, 0.15) is 104 Å². The maximum atomic E-state index is 12.9. The van der Waals surface area contributed by atoms with Crippen molar-refractivity contribution in [2.24, 2.45) is 0 Å². The second kappa shape index (κ2) is 13.5. The summed E-state index contributed by atoms with van der Waals surface area (Å²) in [4.78, 5) is 0. The van der Waals surface area contributed by atoms with Gasteiger partial charge in [-0.3, -0.25) is 4.57 Å². The van der Waals surface area contributed by atoms with Gasteiger partial charge in [0.05, 0.1) is 12.2 Å². The second-order valence-electron chi connectivity index (χ2n) is 7.75. The third kappa shape index (κ3) is 11.7. The molecule has 0 aliphatic rings. The lowest BCUT2D eigenvalue weighted by molar-refractivity contribution is 0.140. The minimum atomic E-state index is -3.29. The molecular formula is C20H39N2O4P. The molecule has 0 aliphatic heterocycles. The number of rotatable bonds is 16. The molecule has 0 amide bonds. The summed E-state index contributed by atoms with van der Waals surface area (Å²) in [5.74, 6) is 0.930. The Balaban J connectivity index is 2.32. The zero-order chi connectivity index (χ0) is 20.1. The molecule has 0 unspecified atom stereocenters. The molecule has 1 aromatic rings. The average molecular weight is 403 g/mol. The van der Waals surface area contributed by atoms with Crippen LogP contribution in [0.3, 0.4) is 0 Å². The van der Waals surface area contributed by atoms with E-state index < -0.39 is 7.60 Å². The fourth-order valence-corrected chi connectivity index (χ4v) is 4.89. The summed E-state index contributed by atoms with van der Waals surface area (Å²) in [6.07, 6.45) is 11.9. The standard InChI is InChI=1S/C20H39N2O4P/c1-6-7-8-9-10-11-12-13-14-15-19-21-22-20(24-19)16-27(23,25-17(2)3)26-18(4)5/h17-18H,6-16H2,1-5H3. The van der Waals surface area contributed by atoms with E-state index in [-0.39, 0.29) is 18.4 Å². The van der Waals surface area contributed by atoms with Crippen LogP contribution >= 0.6 is 7.60 Å². The Morgan fingerprint density at radius 3 is 1.81 bits per heavy atom. The molecule has 0 fully saturated rings. The van der Waals surface area contributed by atoms with E-state index in [9.17, 15) is 4.57 Å². The summed E-state index contributed by atoms with van der Waals surface area (Å²) in [7, 11) is -3.29. The summed E-state index contributed by atoms with van der Waals surface area (Å²) in [6, 6.07) is 0. The number of unbranched alkanes of at least 4 members (excludes halogenated alkanes) is 8. The van der Waals surface area contributed by atoms with Crippen LogP contribution in [0.2, 0.25) is 0 Å². The number of nitrogens with zero attached hydrogens (tertiary/aromatic N) is 2. The maximum Gasteiger partial charge on any atom is 0.340 e. The molecule has 27 heavy (non-hydrogen) atoms. The van der Waals surface area contributed by atoms with Crippen LogP contribution in [0.15, 0.2) is 4.42 Å². The van der Waals surface area contributed by atoms with E-state index in [0.717, 1.165) is 12.8 Å². The van der Waals surface area contributed by atoms with Crippen LogP contribution in [0, 0.1) is 0 Å². The maximum absolute atomic E-state index is 12.9. The van der Waals surface area contributed by atoms with Crippen LogP contribution in [0.25, 0.3) is 0 Å². The normalized spacial score (nSPS) is 12.4. The first-order valence-electron chi connectivity index (χ1n) is 10.6. The topological polar surface area (TPSA) is 74.5 Å². The van der Waals surface area contributed by atoms with Crippen LogP contribution in [0.5, 0.6) is 0 Å². The van der Waals surface area contributed by atoms with E-state index in [2.05, 4.69) is 17.1 Å². The van der Waals surface area contributed by atoms with E-state index in [0.29, 0.717) is 11.8 Å². The minimum Gasteiger partial charge on any atom is -0.425 e. The van der Waals surface area contributed by atoms with E-state index in [1.54, 1.807) is 0 Å². The highest BCUT2D eigenvalue weighted by atomic mass is 31.2. The lowest BCUT2D eigenvalue weighted by Gasteiger charge is -2.21. The fourth-order valence-electron chi connectivity index (χ4n) is 2.95. The highest BCUT2D eigenvalue weighted by Gasteiger charge is 2.30. The number of hydrogen-bond donors (Lipinski definition) is 0. The van der Waals surface area contributed by atoms with Crippen molar-refractivity contribution >= 4 is 7.60 Å². The second-order valence-corrected chi connectivity index (χ2v) is 9.70. The van der Waals surface area contributed by atoms with E-state index >= 15 is 0 Å². The lowest BCUT2D eigenvalue weighted by Crippen LogP contribution is -2.09. The molecule has 7 heteroatoms. The number of aryl methyl sites for hydroxylation is 1. The molecule has 1 rings (SSSR count). The minimum absolute atomic E-state index is 0.0219. The highest BCUT2D eigenvalue weighted by molar-refractivity contribution is 7.53. The van der Waals surface area contributed by atoms with Gasteiger partial charge in [0, 0.05) is 6.42 Å². The van der Waals surface area contributed by atoms with Crippen molar-refractivity contribution in [1.82, 2.24) is 10.2 Å². The Kier molecular flexibility index (Phi) is 12.1. The van der Waals surface area contributed by atoms with Crippen LogP contribution < -0.4 is 0 Å². The zero-order valence-corrected chi connectivity index (χ0v) is 18.8. The van der Waals surface area contributed by atoms with Gasteiger partial charge in [0.25, 0.3) is 0 Å². The monoisotopic (exact) mass is 402 g/mol. The van der Waals surface area contributed by atoms with Crippen molar-refractivity contribution in [3.63, 3.8) is 0 Å². The summed E-state index contributed by atoms with van der Waals surface area (Å²) in [5, 5.41) is 8.10. The number of hydrogen-bond acceptors (Lipinski definition) is 6. The van der Waals surface area contributed by atoms with Gasteiger partial charge in [-0.1, -0.05) is 58.3 Å². The van der Waals surface area contributed by atoms with Gasteiger partial charge in [0.1, 0.15) is 6.16 Å². The molecule has 0 aromatic carbocycles. The van der Waals surface area contributed by atoms with Crippen LogP contribution in [-0.2, 0) is 26.2 Å². The molecule has 1 aromatic heterocycles. The summed E-state index contributed by atoms with van der Waals surface area (Å²) < 4.78 is 29.6. The first-order valence-corrected chi connectivity index (χ1v) is 12.3. The molecule has 0 saturated carbocycles. The Labute approximate surface area is 165 Å². The van der Waals surface area contributed by atoms with Crippen molar-refractivity contribution < 1.29 is 18.0 Å². The van der Waals surface area contributed by atoms with Gasteiger partial charge in [0.2, 0.25) is 11.8 Å². The Bertz CT molecular complexity index is 532. The van der Waals surface area contributed by atoms with Crippen molar-refractivity contribution in [3.8, 4) is 0 Å². The molecule has 0 N–H and O–H groups in total. The average Bonchev–Trinajstić information content (AvgIpc) is 2.98. The third-order valence-corrected chi connectivity index (χ3v) is 6.22. The SMILES string of the molecule is CCCCCCCCCCCc1nnc(CP(=O)(OC(C)C)OC(C)C)o1. The van der Waals surface area contributed by atoms with Crippen molar-refractivity contribution in [3.05, 3.63) is 11.8 Å². The molecule has 0 aliphatic carbocycles. The molecule has 0 spiro atoms. The van der Waals surface area contributed by atoms with Gasteiger partial charge in [-0.15, -0.1) is 10.2 Å². The van der Waals surface area contributed by atoms with E-state index in [1.165, 1.54) is 51.4 Å². The van der Waals surface area contributed by atoms with Crippen LogP contribution in [0.4, 0.5) is 0 Å². The highest BCUT2D eigenvalue weighted by Crippen LogP contribution is 2.53. The molecule has 6 nitrogen and oxygen atoms in total. The van der Waals surface area contributed by atoms with Crippen molar-refractivity contribution in [1.29, 1.82) is 0 Å². The zero-order valence-electron chi connectivity index (χ0n) is 17.9. The fraction of sp³-hybridized carbons (Fsp3) is 0.900. The summed E-state index contributed by atoms with van der Waals surface area (Å²) in [5.41, 5.74) is 0. The summed E-state index contributed by atoms with van der Waals surface area (Å²) in [6.45, 7) is 9.58. The molecule has 0 radical (unpaired) electrons. The quantitative estimate of drug-likeness (QED) is 0.227. The predicted octanol–water partition coefficient (Wildman–Crippen LogP) is 6.69. The Hall–Kier alpha value is -0.710. The third-order valence-electron chi connectivity index (χ3n) is 4.07. The van der Waals surface area contributed by atoms with Gasteiger partial charge >= 0.3 is 7.60 Å². The van der Waals surface area contributed by atoms with Gasteiger partial charge in [-0.2, -0.15) is 0 Å². The predicted molar refractivity (Wildman–Crippen MR) is 109 cm³/mol. The Morgan fingerprint density at radius 2 is 1.30 bits per heavy atom. The molecule has 1 heterocycles. The lowest BCUT2D eigenvalue weighted by atomic mass is 10.1. The Morgan fingerprint density at radius 1 is 0.815 bits per heavy atom. The van der Waals surface area contributed by atoms with Gasteiger partial charge < -0.3 is 13.5 Å². The first-order chi connectivity index (χ1) is 12.8. The van der Waals surface area contributed by atoms with Crippen molar-refractivity contribution in [2.75, 3.05) is 0 Å². The van der Waals surface area contributed by atoms with Gasteiger partial charge in [0.15, 0.2) is 0 Å². The smallest absolute Gasteiger partial charge is 0.340 e. The van der Waals surface area contributed by atoms with E-state index in [1.807, 2.05) is 27.7 Å². The van der Waals surface area contributed by atoms with Crippen LogP contribution in [-0.4, -0.2) is 22.4 Å². The summed E-state index contributed by atoms with van der Waals surface area (Å²) >= 11 is 0. The molecule has 0 bridgehead atoms. The molecule has 0 atom stereocenters. The largest absolute Gasteiger partial charge is 0.425 e. The first kappa shape index (κ1) is 24.3. The number of aromatic nitrogens is 2. The molecule has 0 saturated heterocycles. The van der Waals surface area contributed by atoms with Gasteiger partial charge in [-0.25, -0.2) is 0 Å². The van der Waals surface area contributed by atoms with Crippen molar-refractivity contribution in [2.45, 2.75) is 117 Å². The molecular weight excluding hydrogens is 363 g/mol. The van der Waals surface area contributed by atoms with E-state index in [4.69, 9.17) is 13.5 Å². The molecule has 158 valence electrons.